The molecule has 4 aromatic rings. The SMILES string of the molecule is CCc1ccc(S(=O)(=O)n2ncc3ccc(CC(=O)c4c(F)cccc4Cl)cc32)cc1. The van der Waals surface area contributed by atoms with Gasteiger partial charge in [-0.2, -0.15) is 17.6 Å². The lowest BCUT2D eigenvalue weighted by Gasteiger charge is -2.08. The number of hydrogen-bond acceptors (Lipinski definition) is 4. The number of nitrogens with zero attached hydrogens (tertiary/aromatic N) is 2. The van der Waals surface area contributed by atoms with Crippen LogP contribution in [-0.2, 0) is 22.9 Å². The van der Waals surface area contributed by atoms with Gasteiger partial charge >= 0.3 is 0 Å². The number of ketones is 1. The smallest absolute Gasteiger partial charge is 0.283 e. The highest BCUT2D eigenvalue weighted by molar-refractivity contribution is 7.90. The zero-order valence-electron chi connectivity index (χ0n) is 16.5. The molecule has 31 heavy (non-hydrogen) atoms. The summed E-state index contributed by atoms with van der Waals surface area (Å²) in [6.45, 7) is 1.99. The van der Waals surface area contributed by atoms with Crippen molar-refractivity contribution in [2.45, 2.75) is 24.7 Å². The largest absolute Gasteiger partial charge is 0.294 e. The maximum atomic E-state index is 14.1. The van der Waals surface area contributed by atoms with Gasteiger partial charge in [-0.3, -0.25) is 4.79 Å². The Kier molecular flexibility index (Phi) is 5.64. The van der Waals surface area contributed by atoms with Crippen molar-refractivity contribution in [3.8, 4) is 0 Å². The first-order chi connectivity index (χ1) is 14.8. The van der Waals surface area contributed by atoms with Gasteiger partial charge < -0.3 is 0 Å². The first-order valence-corrected chi connectivity index (χ1v) is 11.4. The molecule has 0 aliphatic heterocycles. The molecule has 5 nitrogen and oxygen atoms in total. The molecule has 0 unspecified atom stereocenters. The number of Topliss-reactive ketones (excluding diaryl/α,β-unsaturated/α-hetero) is 1. The zero-order chi connectivity index (χ0) is 22.2. The second-order valence-electron chi connectivity index (χ2n) is 7.08. The molecular weight excluding hydrogens is 439 g/mol. The Bertz CT molecular complexity index is 1380. The number of fused-ring (bicyclic) bond motifs is 1. The van der Waals surface area contributed by atoms with E-state index >= 15 is 0 Å². The van der Waals surface area contributed by atoms with E-state index in [1.165, 1.54) is 24.4 Å². The van der Waals surface area contributed by atoms with Crippen LogP contribution >= 0.6 is 11.6 Å². The molecule has 0 amide bonds. The van der Waals surface area contributed by atoms with E-state index in [1.54, 1.807) is 42.5 Å². The maximum Gasteiger partial charge on any atom is 0.283 e. The summed E-state index contributed by atoms with van der Waals surface area (Å²) in [6.07, 6.45) is 2.12. The zero-order valence-corrected chi connectivity index (χ0v) is 18.1. The number of carbonyl (C=O) groups excluding carboxylic acids is 1. The molecule has 158 valence electrons. The number of carbonyl (C=O) groups is 1. The van der Waals surface area contributed by atoms with Crippen LogP contribution in [0.25, 0.3) is 10.9 Å². The molecule has 0 fully saturated rings. The van der Waals surface area contributed by atoms with Crippen LogP contribution in [-0.4, -0.2) is 23.4 Å². The fraction of sp³-hybridized carbons (Fsp3) is 0.130. The van der Waals surface area contributed by atoms with Crippen molar-refractivity contribution >= 4 is 38.3 Å². The van der Waals surface area contributed by atoms with Crippen LogP contribution in [0.15, 0.2) is 71.8 Å². The van der Waals surface area contributed by atoms with Gasteiger partial charge in [-0.1, -0.05) is 48.9 Å². The summed E-state index contributed by atoms with van der Waals surface area (Å²) in [5, 5.41) is 4.70. The standard InChI is InChI=1S/C23H18ClFN2O3S/c1-2-15-7-10-18(11-8-15)31(29,30)27-21-12-16(6-9-17(21)14-26-27)13-22(28)23-19(24)4-3-5-20(23)25/h3-12,14H,2,13H2,1H3. The topological polar surface area (TPSA) is 69.0 Å². The summed E-state index contributed by atoms with van der Waals surface area (Å²) < 4.78 is 41.3. The second kappa shape index (κ2) is 8.24. The third-order valence-corrected chi connectivity index (χ3v) is 7.00. The van der Waals surface area contributed by atoms with Gasteiger partial charge in [0.1, 0.15) is 5.82 Å². The summed E-state index contributed by atoms with van der Waals surface area (Å²) in [6, 6.07) is 15.6. The summed E-state index contributed by atoms with van der Waals surface area (Å²) in [5.74, 6) is -1.19. The molecule has 4 rings (SSSR count). The number of rotatable bonds is 6. The molecule has 0 saturated heterocycles. The number of aryl methyl sites for hydroxylation is 1. The molecular formula is C23H18ClFN2O3S. The summed E-state index contributed by atoms with van der Waals surface area (Å²) in [7, 11) is -3.92. The summed E-state index contributed by atoms with van der Waals surface area (Å²) in [4.78, 5) is 12.7. The lowest BCUT2D eigenvalue weighted by atomic mass is 10.0. The monoisotopic (exact) mass is 456 g/mol. The summed E-state index contributed by atoms with van der Waals surface area (Å²) in [5.41, 5.74) is 1.71. The third-order valence-electron chi connectivity index (χ3n) is 5.07. The molecule has 0 atom stereocenters. The highest BCUT2D eigenvalue weighted by Gasteiger charge is 2.21. The van der Waals surface area contributed by atoms with E-state index in [-0.39, 0.29) is 21.9 Å². The fourth-order valence-corrected chi connectivity index (χ4v) is 4.91. The lowest BCUT2D eigenvalue weighted by Crippen LogP contribution is -2.14. The van der Waals surface area contributed by atoms with Gasteiger partial charge in [0.25, 0.3) is 10.0 Å². The highest BCUT2D eigenvalue weighted by Crippen LogP contribution is 2.24. The predicted molar refractivity (Wildman–Crippen MR) is 118 cm³/mol. The van der Waals surface area contributed by atoms with E-state index in [0.717, 1.165) is 16.1 Å². The molecule has 0 aliphatic carbocycles. The quantitative estimate of drug-likeness (QED) is 0.380. The van der Waals surface area contributed by atoms with Crippen molar-refractivity contribution in [3.63, 3.8) is 0 Å². The average molecular weight is 457 g/mol. The first-order valence-electron chi connectivity index (χ1n) is 9.59. The van der Waals surface area contributed by atoms with Crippen molar-refractivity contribution < 1.29 is 17.6 Å². The van der Waals surface area contributed by atoms with Crippen molar-refractivity contribution in [1.82, 2.24) is 9.19 Å². The van der Waals surface area contributed by atoms with Crippen LogP contribution in [0.1, 0.15) is 28.4 Å². The molecule has 3 aromatic carbocycles. The molecule has 1 heterocycles. The number of halogens is 2. The Labute approximate surface area is 184 Å². The van der Waals surface area contributed by atoms with Crippen molar-refractivity contribution in [3.05, 3.63) is 94.4 Å². The molecule has 0 bridgehead atoms. The van der Waals surface area contributed by atoms with Gasteiger partial charge in [0.15, 0.2) is 5.78 Å². The molecule has 1 aromatic heterocycles. The van der Waals surface area contributed by atoms with Gasteiger partial charge in [0.2, 0.25) is 0 Å². The van der Waals surface area contributed by atoms with Gasteiger partial charge in [0.05, 0.1) is 27.2 Å². The van der Waals surface area contributed by atoms with Crippen LogP contribution in [0.3, 0.4) is 0 Å². The van der Waals surface area contributed by atoms with Crippen LogP contribution in [0.2, 0.25) is 5.02 Å². The molecule has 0 spiro atoms. The van der Waals surface area contributed by atoms with E-state index in [9.17, 15) is 17.6 Å². The third kappa shape index (κ3) is 3.98. The van der Waals surface area contributed by atoms with Crippen LogP contribution < -0.4 is 0 Å². The van der Waals surface area contributed by atoms with Gasteiger partial charge in [0, 0.05) is 11.8 Å². The van der Waals surface area contributed by atoms with E-state index in [2.05, 4.69) is 5.10 Å². The molecule has 0 saturated carbocycles. The Morgan fingerprint density at radius 3 is 2.45 bits per heavy atom. The average Bonchev–Trinajstić information content (AvgIpc) is 3.18. The Morgan fingerprint density at radius 1 is 1.06 bits per heavy atom. The fourth-order valence-electron chi connectivity index (χ4n) is 3.38. The van der Waals surface area contributed by atoms with Crippen molar-refractivity contribution in [2.24, 2.45) is 0 Å². The van der Waals surface area contributed by atoms with Crippen molar-refractivity contribution in [2.75, 3.05) is 0 Å². The molecule has 0 aliphatic rings. The van der Waals surface area contributed by atoms with E-state index in [4.69, 9.17) is 11.6 Å². The number of hydrogen-bond donors (Lipinski definition) is 0. The van der Waals surface area contributed by atoms with Crippen LogP contribution in [0.5, 0.6) is 0 Å². The normalized spacial score (nSPS) is 11.7. The highest BCUT2D eigenvalue weighted by atomic mass is 35.5. The Morgan fingerprint density at radius 2 is 1.77 bits per heavy atom. The van der Waals surface area contributed by atoms with Gasteiger partial charge in [-0.15, -0.1) is 0 Å². The number of benzene rings is 3. The van der Waals surface area contributed by atoms with Crippen LogP contribution in [0.4, 0.5) is 4.39 Å². The molecule has 0 N–H and O–H groups in total. The van der Waals surface area contributed by atoms with Crippen LogP contribution in [0, 0.1) is 5.82 Å². The van der Waals surface area contributed by atoms with Gasteiger partial charge in [-0.05, 0) is 47.9 Å². The molecule has 0 radical (unpaired) electrons. The second-order valence-corrected chi connectivity index (χ2v) is 9.25. The first kappa shape index (κ1) is 21.2. The van der Waals surface area contributed by atoms with E-state index in [1.807, 2.05) is 6.92 Å². The Hall–Kier alpha value is -3.03. The Balaban J connectivity index is 1.71. The van der Waals surface area contributed by atoms with Crippen molar-refractivity contribution in [1.29, 1.82) is 0 Å². The minimum atomic E-state index is -3.92. The molecule has 8 heteroatoms. The number of aromatic nitrogens is 2. The summed E-state index contributed by atoms with van der Waals surface area (Å²) >= 11 is 5.99. The predicted octanol–water partition coefficient (Wildman–Crippen LogP) is 5.05. The lowest BCUT2D eigenvalue weighted by molar-refractivity contribution is 0.0989. The maximum absolute atomic E-state index is 14.1. The van der Waals surface area contributed by atoms with E-state index < -0.39 is 21.6 Å². The minimum Gasteiger partial charge on any atom is -0.294 e. The van der Waals surface area contributed by atoms with E-state index in [0.29, 0.717) is 16.5 Å². The van der Waals surface area contributed by atoms with Gasteiger partial charge in [-0.25, -0.2) is 4.39 Å². The minimum absolute atomic E-state index is 0.0363.